The Morgan fingerprint density at radius 1 is 0.460 bits per heavy atom. The lowest BCUT2D eigenvalue weighted by atomic mass is 10.9. The largest absolute Gasteiger partial charge is 0.588 e. The molecule has 0 aromatic rings. The van der Waals surface area contributed by atoms with Gasteiger partial charge in [0.25, 0.3) is 0 Å². The molecular formula is C18H63O25P7. The van der Waals surface area contributed by atoms with Crippen molar-refractivity contribution in [1.82, 2.24) is 0 Å². The average molecular weight is 896 g/mol. The summed E-state index contributed by atoms with van der Waals surface area (Å²) in [4.78, 5) is 82.1. The van der Waals surface area contributed by atoms with Gasteiger partial charge in [-0.25, -0.2) is 22.8 Å². The van der Waals surface area contributed by atoms with Crippen LogP contribution in [0.15, 0.2) is 0 Å². The number of rotatable bonds is 12. The second-order valence-corrected chi connectivity index (χ2v) is 17.9. The molecule has 0 aliphatic rings. The van der Waals surface area contributed by atoms with Gasteiger partial charge in [-0.05, 0) is 48.5 Å². The maximum atomic E-state index is 10.5. The molecule has 2 unspecified atom stereocenters. The highest BCUT2D eigenvalue weighted by atomic mass is 32.1. The van der Waals surface area contributed by atoms with Gasteiger partial charge in [-0.1, -0.05) is 38.8 Å². The minimum atomic E-state index is -4.78. The van der Waals surface area contributed by atoms with Gasteiger partial charge < -0.3 is 45.0 Å². The van der Waals surface area contributed by atoms with Crippen LogP contribution in [0.5, 0.6) is 0 Å². The van der Waals surface area contributed by atoms with Crippen molar-refractivity contribution >= 4 is 53.5 Å². The van der Waals surface area contributed by atoms with Crippen LogP contribution in [0, 0.1) is 0 Å². The second kappa shape index (κ2) is 49.6. The minimum Gasteiger partial charge on any atom is -0.588 e. The Morgan fingerprint density at radius 3 is 0.620 bits per heavy atom. The Labute approximate surface area is 297 Å². The van der Waals surface area contributed by atoms with E-state index in [1.807, 2.05) is 0 Å². The summed E-state index contributed by atoms with van der Waals surface area (Å²) in [6, 6.07) is 0. The molecule has 0 spiro atoms. The van der Waals surface area contributed by atoms with Crippen LogP contribution in [-0.4, -0.2) is 101 Å². The summed E-state index contributed by atoms with van der Waals surface area (Å²) in [5.74, 6) is 0. The fourth-order valence-corrected chi connectivity index (χ4v) is 2.69. The topological polar surface area (TPSA) is 446 Å². The number of aliphatic hydroxyl groups excluding tert-OH is 2. The van der Waals surface area contributed by atoms with E-state index in [0.29, 0.717) is 0 Å². The lowest BCUT2D eigenvalue weighted by Gasteiger charge is -2.07. The smallest absolute Gasteiger partial charge is 0.561 e. The fourth-order valence-electron chi connectivity index (χ4n) is 0.895. The van der Waals surface area contributed by atoms with Crippen molar-refractivity contribution in [3.05, 3.63) is 0 Å². The summed E-state index contributed by atoms with van der Waals surface area (Å²) in [6.45, 7) is 12.7. The van der Waals surface area contributed by atoms with E-state index in [-0.39, 0.29) is 81.4 Å². The molecule has 0 amide bonds. The molecule has 0 aliphatic heterocycles. The number of aliphatic hydroxyl groups is 2. The standard InChI is InChI=1S/2C4H11O4P.C2H7O4P.2C2H6O.4CH4.2H2O5P2.H2O/c2*1-3-7-9(5,6)8-4-2;1-2-6-7(3,4)5;2*1-2-3;;;;;2*1-6(2)7(3,4)5;/h2*3-4H2,1-2H3,(H,5,6);2H2,1H3,(H2,3,4,5);2*3H,2H2,1H3;4*1H4;2*(H2,3,4,5);1H2. The van der Waals surface area contributed by atoms with Gasteiger partial charge in [-0.15, -0.1) is 0 Å². The number of phosphoric ester groups is 3. The van der Waals surface area contributed by atoms with Crippen molar-refractivity contribution in [1.29, 1.82) is 0 Å². The normalized spacial score (nSPS) is 10.5. The summed E-state index contributed by atoms with van der Waals surface area (Å²) in [6.07, 6.45) is 0. The SMILES string of the molecule is C.C.C.C.CCO.CCO.CCOP(=O)(O)O.CCOP(=O)(O)OCC.CCOP(=O)(O)OCC.O.O=[P+]([O-])P(=O)(O)O.O=[P+]([O-])P(=O)(O)O. The summed E-state index contributed by atoms with van der Waals surface area (Å²) < 4.78 is 89.5. The van der Waals surface area contributed by atoms with Gasteiger partial charge >= 0.3 is 53.5 Å². The van der Waals surface area contributed by atoms with Crippen LogP contribution in [0.25, 0.3) is 0 Å². The van der Waals surface area contributed by atoms with Crippen LogP contribution in [0.4, 0.5) is 0 Å². The minimum absolute atomic E-state index is 0. The third kappa shape index (κ3) is 104. The summed E-state index contributed by atoms with van der Waals surface area (Å²) in [5.41, 5.74) is 0. The Bertz CT molecular complexity index is 852. The van der Waals surface area contributed by atoms with Gasteiger partial charge in [-0.2, -0.15) is 0 Å². The van der Waals surface area contributed by atoms with E-state index in [2.05, 4.69) is 22.6 Å². The Hall–Kier alpha value is 0.630. The van der Waals surface area contributed by atoms with Crippen LogP contribution in [-0.2, 0) is 54.6 Å². The lowest BCUT2D eigenvalue weighted by molar-refractivity contribution is -0.160. The van der Waals surface area contributed by atoms with Gasteiger partial charge in [0.2, 0.25) is 0 Å². The van der Waals surface area contributed by atoms with E-state index in [1.54, 1.807) is 41.5 Å². The van der Waals surface area contributed by atoms with Gasteiger partial charge in [0.05, 0.1) is 33.0 Å². The highest BCUT2D eigenvalue weighted by Gasteiger charge is 2.31. The van der Waals surface area contributed by atoms with Crippen molar-refractivity contribution in [3.63, 3.8) is 0 Å². The summed E-state index contributed by atoms with van der Waals surface area (Å²) >= 11 is 0. The quantitative estimate of drug-likeness (QED) is 0.126. The maximum absolute atomic E-state index is 10.5. The first-order valence-electron chi connectivity index (χ1n) is 11.6. The molecule has 0 heterocycles. The molecule has 320 valence electrons. The molecule has 0 radical (unpaired) electrons. The zero-order chi connectivity index (χ0) is 38.1. The Balaban J connectivity index is -0.0000000340. The molecule has 12 N–H and O–H groups in total. The molecular weight excluding hydrogens is 833 g/mol. The Kier molecular flexibility index (Phi) is 83.0. The van der Waals surface area contributed by atoms with Crippen LogP contribution in [0.1, 0.15) is 78.2 Å². The maximum Gasteiger partial charge on any atom is 0.561 e. The first-order chi connectivity index (χ1) is 20.0. The third-order valence-electron chi connectivity index (χ3n) is 1.89. The van der Waals surface area contributed by atoms with Crippen LogP contribution in [0.3, 0.4) is 0 Å². The van der Waals surface area contributed by atoms with Gasteiger partial charge in [0.15, 0.2) is 0 Å². The third-order valence-corrected chi connectivity index (χ3v) is 8.23. The molecule has 0 fully saturated rings. The molecule has 0 aromatic heterocycles. The van der Waals surface area contributed by atoms with E-state index < -0.39 is 53.5 Å². The molecule has 0 saturated heterocycles. The molecule has 2 atom stereocenters. The number of hydrogen-bond donors (Lipinski definition) is 10. The molecule has 0 aromatic carbocycles. The van der Waals surface area contributed by atoms with E-state index in [4.69, 9.17) is 49.4 Å². The monoisotopic (exact) mass is 896 g/mol. The van der Waals surface area contributed by atoms with E-state index in [9.17, 15) is 41.7 Å². The van der Waals surface area contributed by atoms with Gasteiger partial charge in [0.1, 0.15) is 0 Å². The Morgan fingerprint density at radius 2 is 0.580 bits per heavy atom. The van der Waals surface area contributed by atoms with Crippen LogP contribution in [0.2, 0.25) is 0 Å². The number of phosphoric acid groups is 3. The molecule has 0 rings (SSSR count). The van der Waals surface area contributed by atoms with E-state index in [1.165, 1.54) is 6.92 Å². The first-order valence-corrected chi connectivity index (χ1v) is 23.1. The first kappa shape index (κ1) is 83.6. The van der Waals surface area contributed by atoms with Crippen molar-refractivity contribution in [3.8, 4) is 0 Å². The van der Waals surface area contributed by atoms with Crippen molar-refractivity contribution in [2.45, 2.75) is 78.2 Å². The van der Waals surface area contributed by atoms with E-state index >= 15 is 0 Å². The molecule has 0 bridgehead atoms. The molecule has 25 nitrogen and oxygen atoms in total. The molecule has 0 saturated carbocycles. The van der Waals surface area contributed by atoms with Crippen LogP contribution < -0.4 is 9.79 Å². The highest BCUT2D eigenvalue weighted by Crippen LogP contribution is 2.56. The predicted molar refractivity (Wildman–Crippen MR) is 185 cm³/mol. The van der Waals surface area contributed by atoms with Gasteiger partial charge in [0, 0.05) is 13.2 Å². The molecule has 50 heavy (non-hydrogen) atoms. The van der Waals surface area contributed by atoms with Crippen LogP contribution >= 0.6 is 53.5 Å². The predicted octanol–water partition coefficient (Wildman–Crippen LogP) is 2.52. The zero-order valence-corrected chi connectivity index (χ0v) is 32.0. The zero-order valence-electron chi connectivity index (χ0n) is 25.8. The van der Waals surface area contributed by atoms with Gasteiger partial charge in [-0.3, -0.25) is 42.2 Å². The summed E-state index contributed by atoms with van der Waals surface area (Å²) in [7, 11) is -28.3. The summed E-state index contributed by atoms with van der Waals surface area (Å²) in [5, 5.41) is 15.1. The number of hydrogen-bond acceptors (Lipinski definition) is 16. The van der Waals surface area contributed by atoms with Crippen molar-refractivity contribution in [2.75, 3.05) is 46.2 Å². The molecule has 0 aliphatic carbocycles. The molecule has 32 heteroatoms. The highest BCUT2D eigenvalue weighted by molar-refractivity contribution is 8.19. The van der Waals surface area contributed by atoms with E-state index in [0.717, 1.165) is 0 Å². The average Bonchev–Trinajstić information content (AvgIpc) is 2.79. The van der Waals surface area contributed by atoms with Crippen molar-refractivity contribution < 1.29 is 119 Å². The second-order valence-electron chi connectivity index (χ2n) is 5.65. The van der Waals surface area contributed by atoms with Crippen molar-refractivity contribution in [2.24, 2.45) is 0 Å². The lowest BCUT2D eigenvalue weighted by Crippen LogP contribution is -1.93. The fraction of sp³-hybridized carbons (Fsp3) is 1.00.